The van der Waals surface area contributed by atoms with Gasteiger partial charge in [-0.1, -0.05) is 0 Å². The maximum absolute atomic E-state index is 13.1. The van der Waals surface area contributed by atoms with Gasteiger partial charge in [0.05, 0.1) is 10.5 Å². The zero-order valence-corrected chi connectivity index (χ0v) is 16.7. The number of pyridine rings is 1. The number of ether oxygens (including phenoxy) is 1. The standard InChI is InChI=1S/C20H18F3N5O4/c21-20(22,23)14-3-8-17-24-25-19(27(17)11-14)13-2-1-9-26(10-13)18(29)12-32-16-6-4-15(5-7-16)28(30)31/h3-8,11,13H,1-2,9-10,12H2. The number of fused-ring (bicyclic) bond motifs is 1. The van der Waals surface area contributed by atoms with Crippen molar-refractivity contribution in [2.45, 2.75) is 24.9 Å². The number of hydrogen-bond acceptors (Lipinski definition) is 6. The number of carbonyl (C=O) groups is 1. The minimum absolute atomic E-state index is 0.0863. The number of piperidine rings is 1. The van der Waals surface area contributed by atoms with E-state index in [4.69, 9.17) is 4.74 Å². The Hall–Kier alpha value is -3.70. The lowest BCUT2D eigenvalue weighted by atomic mass is 9.97. The molecule has 2 aromatic heterocycles. The number of nitrogens with zero attached hydrogens (tertiary/aromatic N) is 5. The number of nitro groups is 1. The van der Waals surface area contributed by atoms with Crippen LogP contribution in [0.1, 0.15) is 30.1 Å². The van der Waals surface area contributed by atoms with Crippen molar-refractivity contribution in [3.8, 4) is 5.75 Å². The van der Waals surface area contributed by atoms with E-state index in [1.165, 1.54) is 34.7 Å². The molecule has 1 unspecified atom stereocenters. The molecule has 1 fully saturated rings. The second-order valence-corrected chi connectivity index (χ2v) is 7.42. The third-order valence-electron chi connectivity index (χ3n) is 5.31. The summed E-state index contributed by atoms with van der Waals surface area (Å²) in [7, 11) is 0. The Balaban J connectivity index is 1.44. The van der Waals surface area contributed by atoms with Gasteiger partial charge in [-0.2, -0.15) is 13.2 Å². The summed E-state index contributed by atoms with van der Waals surface area (Å²) in [6.45, 7) is 0.506. The van der Waals surface area contributed by atoms with Crippen molar-refractivity contribution in [2.24, 2.45) is 0 Å². The summed E-state index contributed by atoms with van der Waals surface area (Å²) in [4.78, 5) is 24.4. The molecule has 0 spiro atoms. The van der Waals surface area contributed by atoms with Gasteiger partial charge >= 0.3 is 6.18 Å². The SMILES string of the molecule is O=C(COc1ccc([N+](=O)[O-])cc1)N1CCCC(c2nnc3ccc(C(F)(F)F)cn23)C1. The third kappa shape index (κ3) is 4.48. The number of hydrogen-bond donors (Lipinski definition) is 0. The predicted octanol–water partition coefficient (Wildman–Crippen LogP) is 3.44. The van der Waals surface area contributed by atoms with Gasteiger partial charge in [-0.15, -0.1) is 10.2 Å². The zero-order valence-electron chi connectivity index (χ0n) is 16.7. The monoisotopic (exact) mass is 449 g/mol. The highest BCUT2D eigenvalue weighted by molar-refractivity contribution is 5.78. The number of aromatic nitrogens is 3. The first-order valence-electron chi connectivity index (χ1n) is 9.79. The fourth-order valence-corrected chi connectivity index (χ4v) is 3.67. The maximum Gasteiger partial charge on any atom is 0.417 e. The van der Waals surface area contributed by atoms with Crippen LogP contribution in [0.3, 0.4) is 0 Å². The van der Waals surface area contributed by atoms with Crippen LogP contribution in [0, 0.1) is 10.1 Å². The Morgan fingerprint density at radius 3 is 2.62 bits per heavy atom. The van der Waals surface area contributed by atoms with E-state index in [1.807, 2.05) is 0 Å². The molecule has 4 rings (SSSR count). The first-order chi connectivity index (χ1) is 15.2. The summed E-state index contributed by atoms with van der Waals surface area (Å²) >= 11 is 0. The molecule has 1 saturated heterocycles. The number of halogens is 3. The quantitative estimate of drug-likeness (QED) is 0.437. The highest BCUT2D eigenvalue weighted by Crippen LogP contribution is 2.31. The van der Waals surface area contributed by atoms with Crippen LogP contribution >= 0.6 is 0 Å². The smallest absolute Gasteiger partial charge is 0.417 e. The molecule has 1 amide bonds. The van der Waals surface area contributed by atoms with Crippen LogP contribution in [0.4, 0.5) is 18.9 Å². The van der Waals surface area contributed by atoms with Crippen LogP contribution in [0.25, 0.3) is 5.65 Å². The molecule has 168 valence electrons. The zero-order chi connectivity index (χ0) is 22.9. The molecule has 0 bridgehead atoms. The van der Waals surface area contributed by atoms with Crippen molar-refractivity contribution >= 4 is 17.2 Å². The van der Waals surface area contributed by atoms with Crippen LogP contribution < -0.4 is 4.74 Å². The topological polar surface area (TPSA) is 103 Å². The Morgan fingerprint density at radius 2 is 1.94 bits per heavy atom. The van der Waals surface area contributed by atoms with Gasteiger partial charge in [0.2, 0.25) is 0 Å². The molecule has 32 heavy (non-hydrogen) atoms. The van der Waals surface area contributed by atoms with Gasteiger partial charge in [0, 0.05) is 37.3 Å². The largest absolute Gasteiger partial charge is 0.484 e. The van der Waals surface area contributed by atoms with Crippen molar-refractivity contribution in [3.63, 3.8) is 0 Å². The van der Waals surface area contributed by atoms with Crippen molar-refractivity contribution in [2.75, 3.05) is 19.7 Å². The minimum atomic E-state index is -4.49. The molecular formula is C20H18F3N5O4. The molecule has 1 atom stereocenters. The summed E-state index contributed by atoms with van der Waals surface area (Å²) in [5.74, 6) is 0.129. The highest BCUT2D eigenvalue weighted by Gasteiger charge is 2.32. The van der Waals surface area contributed by atoms with Gasteiger partial charge < -0.3 is 9.64 Å². The molecule has 1 aromatic carbocycles. The number of carbonyl (C=O) groups excluding carboxylic acids is 1. The van der Waals surface area contributed by atoms with E-state index in [0.717, 1.165) is 12.3 Å². The molecule has 1 aliphatic heterocycles. The van der Waals surface area contributed by atoms with E-state index in [2.05, 4.69) is 10.2 Å². The number of likely N-dealkylation sites (tertiary alicyclic amines) is 1. The van der Waals surface area contributed by atoms with E-state index in [1.54, 1.807) is 4.90 Å². The number of rotatable bonds is 5. The Labute approximate surface area is 179 Å². The summed E-state index contributed by atoms with van der Waals surface area (Å²) in [6, 6.07) is 7.60. The summed E-state index contributed by atoms with van der Waals surface area (Å²) < 4.78 is 46.0. The van der Waals surface area contributed by atoms with Gasteiger partial charge in [-0.25, -0.2) is 0 Å². The van der Waals surface area contributed by atoms with Crippen LogP contribution in [-0.4, -0.2) is 50.0 Å². The molecule has 3 aromatic rings. The number of benzene rings is 1. The molecule has 3 heterocycles. The van der Waals surface area contributed by atoms with Crippen LogP contribution in [-0.2, 0) is 11.0 Å². The van der Waals surface area contributed by atoms with Crippen LogP contribution in [0.15, 0.2) is 42.6 Å². The van der Waals surface area contributed by atoms with Crippen molar-refractivity contribution < 1.29 is 27.6 Å². The number of amides is 1. The Kier molecular flexibility index (Phi) is 5.68. The van der Waals surface area contributed by atoms with Gasteiger partial charge in [0.25, 0.3) is 11.6 Å². The van der Waals surface area contributed by atoms with Gasteiger partial charge in [0.1, 0.15) is 11.6 Å². The molecule has 0 radical (unpaired) electrons. The lowest BCUT2D eigenvalue weighted by molar-refractivity contribution is -0.384. The van der Waals surface area contributed by atoms with Crippen molar-refractivity contribution in [3.05, 3.63) is 64.1 Å². The van der Waals surface area contributed by atoms with Crippen molar-refractivity contribution in [1.29, 1.82) is 0 Å². The van der Waals surface area contributed by atoms with Crippen LogP contribution in [0.2, 0.25) is 0 Å². The van der Waals surface area contributed by atoms with E-state index in [-0.39, 0.29) is 30.7 Å². The van der Waals surface area contributed by atoms with Gasteiger partial charge in [-0.3, -0.25) is 19.3 Å². The average molecular weight is 449 g/mol. The number of non-ortho nitro benzene ring substituents is 1. The van der Waals surface area contributed by atoms with E-state index >= 15 is 0 Å². The van der Waals surface area contributed by atoms with E-state index < -0.39 is 16.7 Å². The second kappa shape index (κ2) is 8.44. The molecular weight excluding hydrogens is 431 g/mol. The highest BCUT2D eigenvalue weighted by atomic mass is 19.4. The van der Waals surface area contributed by atoms with Gasteiger partial charge in [-0.05, 0) is 37.1 Å². The maximum atomic E-state index is 13.1. The Bertz CT molecular complexity index is 1150. The number of nitro benzene ring substituents is 1. The second-order valence-electron chi connectivity index (χ2n) is 7.42. The fraction of sp³-hybridized carbons (Fsp3) is 0.350. The normalized spacial score (nSPS) is 16.8. The van der Waals surface area contributed by atoms with E-state index in [9.17, 15) is 28.1 Å². The molecule has 9 nitrogen and oxygen atoms in total. The number of alkyl halides is 3. The average Bonchev–Trinajstić information content (AvgIpc) is 3.20. The predicted molar refractivity (Wildman–Crippen MR) is 105 cm³/mol. The van der Waals surface area contributed by atoms with Crippen molar-refractivity contribution in [1.82, 2.24) is 19.5 Å². The lowest BCUT2D eigenvalue weighted by Crippen LogP contribution is -2.42. The molecule has 0 N–H and O–H groups in total. The summed E-state index contributed by atoms with van der Waals surface area (Å²) in [6.07, 6.45) is -2.20. The van der Waals surface area contributed by atoms with E-state index in [0.29, 0.717) is 36.6 Å². The molecule has 0 saturated carbocycles. The minimum Gasteiger partial charge on any atom is -0.484 e. The fourth-order valence-electron chi connectivity index (χ4n) is 3.67. The molecule has 0 aliphatic carbocycles. The molecule has 1 aliphatic rings. The Morgan fingerprint density at radius 1 is 1.19 bits per heavy atom. The lowest BCUT2D eigenvalue weighted by Gasteiger charge is -2.32. The van der Waals surface area contributed by atoms with Gasteiger partial charge in [0.15, 0.2) is 12.3 Å². The third-order valence-corrected chi connectivity index (χ3v) is 5.31. The summed E-state index contributed by atoms with van der Waals surface area (Å²) in [5.41, 5.74) is -0.582. The van der Waals surface area contributed by atoms with Crippen LogP contribution in [0.5, 0.6) is 5.75 Å². The summed E-state index contributed by atoms with van der Waals surface area (Å²) in [5, 5.41) is 18.7. The molecule has 12 heteroatoms. The first-order valence-corrected chi connectivity index (χ1v) is 9.79. The first kappa shape index (κ1) is 21.5.